The van der Waals surface area contributed by atoms with E-state index in [9.17, 15) is 14.7 Å². The first kappa shape index (κ1) is 19.0. The number of hydrazone groups is 1. The molecule has 0 aliphatic carbocycles. The van der Waals surface area contributed by atoms with Crippen molar-refractivity contribution in [2.45, 2.75) is 13.3 Å². The molecule has 0 aromatic heterocycles. The molecule has 0 saturated carbocycles. The molecule has 2 aromatic carbocycles. The molecule has 0 heterocycles. The maximum Gasteiger partial charge on any atom is 0.259 e. The third kappa shape index (κ3) is 5.94. The number of benzene rings is 2. The lowest BCUT2D eigenvalue weighted by Gasteiger charge is -2.07. The van der Waals surface area contributed by atoms with Crippen molar-refractivity contribution in [2.24, 2.45) is 5.10 Å². The fourth-order valence-electron chi connectivity index (χ4n) is 2.00. The van der Waals surface area contributed by atoms with E-state index in [4.69, 9.17) is 4.74 Å². The van der Waals surface area contributed by atoms with Crippen molar-refractivity contribution < 1.29 is 19.4 Å². The van der Waals surface area contributed by atoms with Crippen molar-refractivity contribution in [1.29, 1.82) is 0 Å². The van der Waals surface area contributed by atoms with E-state index in [0.717, 1.165) is 6.42 Å². The molecule has 0 unspecified atom stereocenters. The Morgan fingerprint density at radius 3 is 2.58 bits per heavy atom. The third-order valence-electron chi connectivity index (χ3n) is 3.33. The van der Waals surface area contributed by atoms with Gasteiger partial charge in [-0.3, -0.25) is 9.59 Å². The highest BCUT2D eigenvalue weighted by molar-refractivity contribution is 5.96. The largest absolute Gasteiger partial charge is 0.507 e. The molecular formula is C19H21N3O4. The van der Waals surface area contributed by atoms with Crippen LogP contribution in [-0.4, -0.2) is 36.3 Å². The van der Waals surface area contributed by atoms with Gasteiger partial charge in [-0.25, -0.2) is 5.43 Å². The van der Waals surface area contributed by atoms with Crippen molar-refractivity contribution in [3.8, 4) is 11.5 Å². The van der Waals surface area contributed by atoms with Gasteiger partial charge in [-0.15, -0.1) is 0 Å². The number of nitrogens with zero attached hydrogens (tertiary/aromatic N) is 1. The lowest BCUT2D eigenvalue weighted by molar-refractivity contribution is -0.120. The number of aromatic hydroxyl groups is 1. The highest BCUT2D eigenvalue weighted by atomic mass is 16.5. The van der Waals surface area contributed by atoms with Gasteiger partial charge in [0, 0.05) is 11.1 Å². The molecular weight excluding hydrogens is 334 g/mol. The number of hydrogen-bond acceptors (Lipinski definition) is 5. The Hall–Kier alpha value is -3.35. The predicted molar refractivity (Wildman–Crippen MR) is 98.4 cm³/mol. The van der Waals surface area contributed by atoms with Crippen molar-refractivity contribution in [2.75, 3.05) is 13.2 Å². The highest BCUT2D eigenvalue weighted by Crippen LogP contribution is 2.13. The molecule has 2 rings (SSSR count). The first-order valence-corrected chi connectivity index (χ1v) is 8.21. The van der Waals surface area contributed by atoms with Gasteiger partial charge in [-0.1, -0.05) is 19.1 Å². The fraction of sp³-hybridized carbons (Fsp3) is 0.211. The van der Waals surface area contributed by atoms with Crippen LogP contribution in [0.15, 0.2) is 53.6 Å². The molecule has 2 aromatic rings. The summed E-state index contributed by atoms with van der Waals surface area (Å²) in [5.41, 5.74) is 3.19. The molecule has 0 radical (unpaired) electrons. The smallest absolute Gasteiger partial charge is 0.259 e. The van der Waals surface area contributed by atoms with Crippen LogP contribution in [0.1, 0.15) is 29.3 Å². The molecule has 0 aliphatic rings. The summed E-state index contributed by atoms with van der Waals surface area (Å²) in [6, 6.07) is 13.3. The minimum absolute atomic E-state index is 0.0603. The van der Waals surface area contributed by atoms with Gasteiger partial charge >= 0.3 is 0 Å². The Morgan fingerprint density at radius 2 is 1.88 bits per heavy atom. The van der Waals surface area contributed by atoms with E-state index in [1.807, 2.05) is 6.92 Å². The number of rotatable bonds is 8. The Labute approximate surface area is 151 Å². The average Bonchev–Trinajstić information content (AvgIpc) is 2.66. The quantitative estimate of drug-likeness (QED) is 0.498. The molecule has 26 heavy (non-hydrogen) atoms. The van der Waals surface area contributed by atoms with Crippen molar-refractivity contribution in [3.63, 3.8) is 0 Å². The number of hydrogen-bond donors (Lipinski definition) is 3. The van der Waals surface area contributed by atoms with E-state index >= 15 is 0 Å². The highest BCUT2D eigenvalue weighted by Gasteiger charge is 2.08. The second-order valence-electron chi connectivity index (χ2n) is 5.41. The normalized spacial score (nSPS) is 10.5. The first-order chi connectivity index (χ1) is 12.6. The molecule has 3 N–H and O–H groups in total. The Balaban J connectivity index is 1.77. The summed E-state index contributed by atoms with van der Waals surface area (Å²) >= 11 is 0. The number of para-hydroxylation sites is 1. The zero-order chi connectivity index (χ0) is 18.8. The zero-order valence-corrected chi connectivity index (χ0v) is 14.4. The van der Waals surface area contributed by atoms with Crippen LogP contribution in [0.3, 0.4) is 0 Å². The van der Waals surface area contributed by atoms with Crippen LogP contribution in [0.4, 0.5) is 0 Å². The van der Waals surface area contributed by atoms with Gasteiger partial charge in [0.2, 0.25) is 0 Å². The molecule has 0 fully saturated rings. The molecule has 0 saturated heterocycles. The maximum absolute atomic E-state index is 12.0. The summed E-state index contributed by atoms with van der Waals surface area (Å²) in [5.74, 6) is -0.0930. The second kappa shape index (κ2) is 9.83. The summed E-state index contributed by atoms with van der Waals surface area (Å²) in [6.07, 6.45) is 2.23. The number of carbonyl (C=O) groups is 2. The molecule has 7 heteroatoms. The van der Waals surface area contributed by atoms with Crippen LogP contribution in [0, 0.1) is 0 Å². The summed E-state index contributed by atoms with van der Waals surface area (Å²) in [4.78, 5) is 23.7. The lowest BCUT2D eigenvalue weighted by Crippen LogP contribution is -2.34. The van der Waals surface area contributed by atoms with E-state index in [1.165, 1.54) is 12.3 Å². The number of nitrogens with one attached hydrogen (secondary N) is 2. The van der Waals surface area contributed by atoms with Crippen LogP contribution in [0.5, 0.6) is 11.5 Å². The van der Waals surface area contributed by atoms with Gasteiger partial charge in [0.15, 0.2) is 0 Å². The molecule has 136 valence electrons. The first-order valence-electron chi connectivity index (χ1n) is 8.21. The van der Waals surface area contributed by atoms with Gasteiger partial charge in [-0.05, 0) is 42.8 Å². The van der Waals surface area contributed by atoms with Crippen molar-refractivity contribution in [1.82, 2.24) is 10.7 Å². The van der Waals surface area contributed by atoms with Crippen LogP contribution in [0.2, 0.25) is 0 Å². The van der Waals surface area contributed by atoms with E-state index in [2.05, 4.69) is 15.8 Å². The SMILES string of the molecule is CCCOc1ccc(C(=O)NCC(=O)NN=Cc2ccccc2O)cc1. The zero-order valence-electron chi connectivity index (χ0n) is 14.4. The van der Waals surface area contributed by atoms with Gasteiger partial charge in [-0.2, -0.15) is 5.10 Å². The van der Waals surface area contributed by atoms with Gasteiger partial charge in [0.25, 0.3) is 11.8 Å². The van der Waals surface area contributed by atoms with E-state index in [1.54, 1.807) is 42.5 Å². The lowest BCUT2D eigenvalue weighted by atomic mass is 10.2. The molecule has 0 spiro atoms. The van der Waals surface area contributed by atoms with Gasteiger partial charge in [0.05, 0.1) is 19.4 Å². The summed E-state index contributed by atoms with van der Waals surface area (Å²) in [5, 5.41) is 15.8. The number of phenols is 1. The number of phenolic OH excluding ortho intramolecular Hbond substituents is 1. The minimum atomic E-state index is -0.479. The van der Waals surface area contributed by atoms with Crippen LogP contribution in [0.25, 0.3) is 0 Å². The minimum Gasteiger partial charge on any atom is -0.507 e. The third-order valence-corrected chi connectivity index (χ3v) is 3.33. The standard InChI is InChI=1S/C19H21N3O4/c1-2-11-26-16-9-7-14(8-10-16)19(25)20-13-18(24)22-21-12-15-5-3-4-6-17(15)23/h3-10,12,23H,2,11,13H2,1H3,(H,20,25)(H,22,24). The van der Waals surface area contributed by atoms with Crippen LogP contribution >= 0.6 is 0 Å². The monoisotopic (exact) mass is 355 g/mol. The fourth-order valence-corrected chi connectivity index (χ4v) is 2.00. The summed E-state index contributed by atoms with van der Waals surface area (Å²) in [7, 11) is 0. The average molecular weight is 355 g/mol. The van der Waals surface area contributed by atoms with E-state index in [-0.39, 0.29) is 18.2 Å². The van der Waals surface area contributed by atoms with E-state index in [0.29, 0.717) is 23.5 Å². The number of ether oxygens (including phenoxy) is 1. The maximum atomic E-state index is 12.0. The topological polar surface area (TPSA) is 100 Å². The Morgan fingerprint density at radius 1 is 1.15 bits per heavy atom. The summed E-state index contributed by atoms with van der Waals surface area (Å²) in [6.45, 7) is 2.41. The molecule has 0 atom stereocenters. The van der Waals surface area contributed by atoms with E-state index < -0.39 is 5.91 Å². The molecule has 0 aliphatic heterocycles. The Kier molecular flexibility index (Phi) is 7.17. The molecule has 0 bridgehead atoms. The van der Waals surface area contributed by atoms with Crippen molar-refractivity contribution >= 4 is 18.0 Å². The molecule has 7 nitrogen and oxygen atoms in total. The number of carbonyl (C=O) groups excluding carboxylic acids is 2. The number of amides is 2. The van der Waals surface area contributed by atoms with Crippen LogP contribution in [-0.2, 0) is 4.79 Å². The second-order valence-corrected chi connectivity index (χ2v) is 5.41. The van der Waals surface area contributed by atoms with Crippen LogP contribution < -0.4 is 15.5 Å². The van der Waals surface area contributed by atoms with Crippen molar-refractivity contribution in [3.05, 3.63) is 59.7 Å². The summed E-state index contributed by atoms with van der Waals surface area (Å²) < 4.78 is 5.45. The van der Waals surface area contributed by atoms with Gasteiger partial charge in [0.1, 0.15) is 11.5 Å². The predicted octanol–water partition coefficient (Wildman–Crippen LogP) is 2.06. The van der Waals surface area contributed by atoms with Gasteiger partial charge < -0.3 is 15.2 Å². The molecule has 2 amide bonds. The Bertz CT molecular complexity index is 773.